The topological polar surface area (TPSA) is 168 Å². The van der Waals surface area contributed by atoms with Gasteiger partial charge >= 0.3 is 10.2 Å². The van der Waals surface area contributed by atoms with Gasteiger partial charge in [-0.2, -0.15) is 17.7 Å². The molecule has 2 aliphatic heterocycles. The standard InChI is InChI=1S/C28H38N6O6S/c1-33(2)41(38,39)32-26(37)28-15-18(28)10-6-4-3-5-7-11-20(29)25(36)34-17-19(14-23(34)24(35)16-28)40-27-30-21-12-8-9-13-22(21)31-27/h6,8-10,12-13,18-20,23H,3-5,7,11,14-17,29H2,1-2H3,(H,30,31)(H,32,37)/b10-6-/t18-,19-,20+,23+,28-/m1/s1. The van der Waals surface area contributed by atoms with Gasteiger partial charge in [0.15, 0.2) is 5.78 Å². The van der Waals surface area contributed by atoms with E-state index in [2.05, 4.69) is 14.7 Å². The van der Waals surface area contributed by atoms with E-state index in [-0.39, 0.29) is 37.0 Å². The summed E-state index contributed by atoms with van der Waals surface area (Å²) in [6.07, 6.45) is 7.63. The fourth-order valence-electron chi connectivity index (χ4n) is 5.84. The molecule has 2 amide bonds. The van der Waals surface area contributed by atoms with Crippen molar-refractivity contribution >= 4 is 38.8 Å². The number of amides is 2. The fraction of sp³-hybridized carbons (Fsp3) is 0.571. The molecule has 0 bridgehead atoms. The van der Waals surface area contributed by atoms with Gasteiger partial charge in [0.05, 0.1) is 35.1 Å². The number of allylic oxidation sites excluding steroid dienone is 2. The minimum absolute atomic E-state index is 0.150. The molecule has 222 valence electrons. The number of fused-ring (bicyclic) bond motifs is 3. The van der Waals surface area contributed by atoms with E-state index in [4.69, 9.17) is 10.5 Å². The van der Waals surface area contributed by atoms with Crippen LogP contribution in [-0.4, -0.2) is 84.0 Å². The summed E-state index contributed by atoms with van der Waals surface area (Å²) in [5, 5.41) is 0. The van der Waals surface area contributed by atoms with Crippen LogP contribution in [-0.2, 0) is 24.6 Å². The van der Waals surface area contributed by atoms with Crippen molar-refractivity contribution in [3.63, 3.8) is 0 Å². The molecule has 13 heteroatoms. The zero-order chi connectivity index (χ0) is 29.4. The molecule has 41 heavy (non-hydrogen) atoms. The molecule has 1 aliphatic carbocycles. The van der Waals surface area contributed by atoms with E-state index in [0.29, 0.717) is 18.9 Å². The molecule has 4 N–H and O–H groups in total. The zero-order valence-corrected chi connectivity index (χ0v) is 24.2. The molecule has 3 aliphatic rings. The van der Waals surface area contributed by atoms with Crippen LogP contribution in [0.25, 0.3) is 11.0 Å². The van der Waals surface area contributed by atoms with E-state index < -0.39 is 39.7 Å². The number of Topliss-reactive ketones (excluding diaryl/α,β-unsaturated/α-hetero) is 1. The van der Waals surface area contributed by atoms with Gasteiger partial charge in [0.2, 0.25) is 11.8 Å². The number of ether oxygens (including phenoxy) is 1. The number of carbonyl (C=O) groups excluding carboxylic acids is 3. The summed E-state index contributed by atoms with van der Waals surface area (Å²) in [5.41, 5.74) is 6.64. The minimum atomic E-state index is -4.04. The number of rotatable bonds is 5. The van der Waals surface area contributed by atoms with Gasteiger partial charge in [-0.05, 0) is 43.7 Å². The van der Waals surface area contributed by atoms with Crippen molar-refractivity contribution < 1.29 is 27.5 Å². The van der Waals surface area contributed by atoms with Gasteiger partial charge in [-0.15, -0.1) is 0 Å². The number of aromatic amines is 1. The van der Waals surface area contributed by atoms with Gasteiger partial charge in [0.25, 0.3) is 6.01 Å². The Labute approximate surface area is 239 Å². The minimum Gasteiger partial charge on any atom is -0.459 e. The maximum absolute atomic E-state index is 13.9. The number of benzene rings is 1. The first-order chi connectivity index (χ1) is 19.5. The number of ketones is 1. The highest BCUT2D eigenvalue weighted by Gasteiger charge is 2.61. The molecule has 1 aromatic carbocycles. The fourth-order valence-corrected chi connectivity index (χ4v) is 6.46. The van der Waals surface area contributed by atoms with Crippen molar-refractivity contribution in [2.45, 2.75) is 69.6 Å². The summed E-state index contributed by atoms with van der Waals surface area (Å²) < 4.78 is 34.1. The quantitative estimate of drug-likeness (QED) is 0.445. The molecule has 2 fully saturated rings. The van der Waals surface area contributed by atoms with Gasteiger partial charge in [-0.1, -0.05) is 37.1 Å². The molecule has 0 spiro atoms. The van der Waals surface area contributed by atoms with Crippen LogP contribution in [0.15, 0.2) is 36.4 Å². The maximum Gasteiger partial charge on any atom is 0.303 e. The number of nitrogens with zero attached hydrogens (tertiary/aromatic N) is 3. The molecule has 3 heterocycles. The summed E-state index contributed by atoms with van der Waals surface area (Å²) in [6, 6.07) is 6.16. The molecule has 0 radical (unpaired) electrons. The van der Waals surface area contributed by atoms with E-state index in [0.717, 1.165) is 41.0 Å². The average molecular weight is 587 g/mol. The Morgan fingerprint density at radius 2 is 2.00 bits per heavy atom. The van der Waals surface area contributed by atoms with Crippen LogP contribution in [0.4, 0.5) is 0 Å². The summed E-state index contributed by atoms with van der Waals surface area (Å²) in [4.78, 5) is 49.8. The largest absolute Gasteiger partial charge is 0.459 e. The summed E-state index contributed by atoms with van der Waals surface area (Å²) >= 11 is 0. The van der Waals surface area contributed by atoms with Gasteiger partial charge in [-0.25, -0.2) is 4.72 Å². The second-order valence-electron chi connectivity index (χ2n) is 11.5. The Balaban J connectivity index is 1.40. The first-order valence-electron chi connectivity index (χ1n) is 14.1. The molecule has 5 atom stereocenters. The third kappa shape index (κ3) is 6.16. The first-order valence-corrected chi connectivity index (χ1v) is 15.6. The molecule has 1 aromatic heterocycles. The Morgan fingerprint density at radius 3 is 2.76 bits per heavy atom. The van der Waals surface area contributed by atoms with Crippen LogP contribution < -0.4 is 15.2 Å². The van der Waals surface area contributed by atoms with E-state index in [1.807, 2.05) is 36.4 Å². The predicted molar refractivity (Wildman–Crippen MR) is 152 cm³/mol. The SMILES string of the molecule is CN(C)S(=O)(=O)NC(=O)[C@]12CC(=O)[C@@H]3C[C@@H](Oc4nc5ccccc5[nH]4)CN3C(=O)[C@@H](N)CCCCC/C=C\[C@@H]1C2. The lowest BCUT2D eigenvalue weighted by molar-refractivity contribution is -0.140. The van der Waals surface area contributed by atoms with Crippen LogP contribution in [0.3, 0.4) is 0 Å². The van der Waals surface area contributed by atoms with E-state index >= 15 is 0 Å². The molecule has 1 saturated heterocycles. The second-order valence-corrected chi connectivity index (χ2v) is 13.4. The van der Waals surface area contributed by atoms with Crippen LogP contribution >= 0.6 is 0 Å². The number of para-hydroxylation sites is 2. The van der Waals surface area contributed by atoms with Crippen molar-refractivity contribution in [2.24, 2.45) is 17.1 Å². The lowest BCUT2D eigenvalue weighted by atomic mass is 9.91. The smallest absolute Gasteiger partial charge is 0.303 e. The highest BCUT2D eigenvalue weighted by Crippen LogP contribution is 2.57. The number of hydrogen-bond acceptors (Lipinski definition) is 8. The first kappa shape index (κ1) is 29.2. The Morgan fingerprint density at radius 1 is 1.22 bits per heavy atom. The summed E-state index contributed by atoms with van der Waals surface area (Å²) in [6.45, 7) is 0.150. The van der Waals surface area contributed by atoms with Crippen LogP contribution in [0, 0.1) is 11.3 Å². The molecule has 5 rings (SSSR count). The molecule has 1 saturated carbocycles. The molecule has 0 unspecified atom stereocenters. The molecular formula is C28H38N6O6S. The molecule has 2 aromatic rings. The highest BCUT2D eigenvalue weighted by atomic mass is 32.2. The van der Waals surface area contributed by atoms with E-state index in [9.17, 15) is 22.8 Å². The van der Waals surface area contributed by atoms with Crippen molar-refractivity contribution in [1.29, 1.82) is 0 Å². The third-order valence-electron chi connectivity index (χ3n) is 8.41. The normalized spacial score (nSPS) is 30.3. The van der Waals surface area contributed by atoms with Crippen molar-refractivity contribution in [3.8, 4) is 6.01 Å². The molecular weight excluding hydrogens is 548 g/mol. The number of imidazole rings is 1. The van der Waals surface area contributed by atoms with Gasteiger partial charge in [-0.3, -0.25) is 14.4 Å². The van der Waals surface area contributed by atoms with E-state index in [1.165, 1.54) is 19.0 Å². The Bertz CT molecular complexity index is 1420. The van der Waals surface area contributed by atoms with Crippen LogP contribution in [0.5, 0.6) is 6.01 Å². The third-order valence-corrected chi connectivity index (χ3v) is 9.82. The lowest BCUT2D eigenvalue weighted by Gasteiger charge is -2.27. The van der Waals surface area contributed by atoms with Crippen molar-refractivity contribution in [3.05, 3.63) is 36.4 Å². The number of carbonyl (C=O) groups is 3. The number of nitrogens with one attached hydrogen (secondary N) is 2. The van der Waals surface area contributed by atoms with Crippen LogP contribution in [0.2, 0.25) is 0 Å². The van der Waals surface area contributed by atoms with Gasteiger partial charge < -0.3 is 20.4 Å². The van der Waals surface area contributed by atoms with Crippen molar-refractivity contribution in [1.82, 2.24) is 23.9 Å². The van der Waals surface area contributed by atoms with Gasteiger partial charge in [0, 0.05) is 26.9 Å². The Hall–Kier alpha value is -3.29. The predicted octanol–water partition coefficient (Wildman–Crippen LogP) is 1.65. The second kappa shape index (κ2) is 11.5. The Kier molecular flexibility index (Phi) is 8.22. The molecule has 12 nitrogen and oxygen atoms in total. The monoisotopic (exact) mass is 586 g/mol. The number of nitrogens with two attached hydrogens (primary N) is 1. The maximum atomic E-state index is 13.9. The van der Waals surface area contributed by atoms with Crippen LogP contribution in [0.1, 0.15) is 51.4 Å². The van der Waals surface area contributed by atoms with Gasteiger partial charge in [0.1, 0.15) is 6.10 Å². The van der Waals surface area contributed by atoms with Crippen molar-refractivity contribution in [2.75, 3.05) is 20.6 Å². The highest BCUT2D eigenvalue weighted by molar-refractivity contribution is 7.87. The number of aromatic nitrogens is 2. The van der Waals surface area contributed by atoms with E-state index in [1.54, 1.807) is 0 Å². The average Bonchev–Trinajstić information content (AvgIpc) is 3.24. The summed E-state index contributed by atoms with van der Waals surface area (Å²) in [5.74, 6) is -1.62. The number of hydrogen-bond donors (Lipinski definition) is 3. The zero-order valence-electron chi connectivity index (χ0n) is 23.4. The lowest BCUT2D eigenvalue weighted by Crippen LogP contribution is -2.50. The summed E-state index contributed by atoms with van der Waals surface area (Å²) in [7, 11) is -1.39. The number of H-pyrrole nitrogens is 1.